The highest BCUT2D eigenvalue weighted by Gasteiger charge is 2.35. The first-order valence-electron chi connectivity index (χ1n) is 3.45. The Hall–Kier alpha value is -0.180. The lowest BCUT2D eigenvalue weighted by Crippen LogP contribution is -2.35. The molecule has 0 amide bonds. The van der Waals surface area contributed by atoms with E-state index in [1.807, 2.05) is 0 Å². The van der Waals surface area contributed by atoms with E-state index in [9.17, 15) is 8.78 Å². The van der Waals surface area contributed by atoms with Crippen LogP contribution in [-0.4, -0.2) is 17.1 Å². The average molecular weight is 152 g/mol. The van der Waals surface area contributed by atoms with Gasteiger partial charge in [-0.1, -0.05) is 20.3 Å². The van der Waals surface area contributed by atoms with E-state index in [4.69, 9.17) is 5.11 Å². The summed E-state index contributed by atoms with van der Waals surface area (Å²) in [5.74, 6) is -3.30. The first kappa shape index (κ1) is 9.82. The van der Waals surface area contributed by atoms with Crippen molar-refractivity contribution in [2.45, 2.75) is 39.2 Å². The maximum absolute atomic E-state index is 12.3. The number of alkyl halides is 2. The molecule has 62 valence electrons. The molecule has 0 fully saturated rings. The molecule has 0 spiro atoms. The summed E-state index contributed by atoms with van der Waals surface area (Å²) >= 11 is 0. The van der Waals surface area contributed by atoms with Crippen LogP contribution in [0.25, 0.3) is 0 Å². The minimum atomic E-state index is -2.96. The minimum Gasteiger partial charge on any atom is -0.387 e. The minimum absolute atomic E-state index is 0.333. The molecule has 0 aromatic carbocycles. The van der Waals surface area contributed by atoms with E-state index in [0.717, 1.165) is 6.92 Å². The van der Waals surface area contributed by atoms with Crippen LogP contribution in [-0.2, 0) is 0 Å². The fourth-order valence-electron chi connectivity index (χ4n) is 0.723. The van der Waals surface area contributed by atoms with E-state index in [0.29, 0.717) is 6.42 Å². The smallest absolute Gasteiger partial charge is 0.270 e. The van der Waals surface area contributed by atoms with Crippen molar-refractivity contribution < 1.29 is 13.9 Å². The Kier molecular flexibility index (Phi) is 3.22. The lowest BCUT2D eigenvalue weighted by atomic mass is 9.98. The molecule has 3 heteroatoms. The lowest BCUT2D eigenvalue weighted by Gasteiger charge is -2.22. The van der Waals surface area contributed by atoms with Crippen LogP contribution in [0.15, 0.2) is 0 Å². The molecule has 2 unspecified atom stereocenters. The van der Waals surface area contributed by atoms with Gasteiger partial charge < -0.3 is 5.11 Å². The van der Waals surface area contributed by atoms with Crippen LogP contribution >= 0.6 is 0 Å². The molecule has 1 nitrogen and oxygen atoms in total. The predicted octanol–water partition coefficient (Wildman–Crippen LogP) is 2.05. The van der Waals surface area contributed by atoms with Crippen LogP contribution in [0.4, 0.5) is 8.78 Å². The monoisotopic (exact) mass is 152 g/mol. The van der Waals surface area contributed by atoms with Gasteiger partial charge in [-0.25, -0.2) is 8.78 Å². The zero-order chi connectivity index (χ0) is 8.36. The predicted molar refractivity (Wildman–Crippen MR) is 36.1 cm³/mol. The van der Waals surface area contributed by atoms with E-state index in [1.54, 1.807) is 13.8 Å². The Morgan fingerprint density at radius 1 is 1.50 bits per heavy atom. The maximum atomic E-state index is 12.3. The third-order valence-electron chi connectivity index (χ3n) is 1.70. The highest BCUT2D eigenvalue weighted by atomic mass is 19.3. The van der Waals surface area contributed by atoms with E-state index < -0.39 is 12.0 Å². The van der Waals surface area contributed by atoms with Gasteiger partial charge in [0.2, 0.25) is 0 Å². The van der Waals surface area contributed by atoms with Gasteiger partial charge in [-0.15, -0.1) is 0 Å². The maximum Gasteiger partial charge on any atom is 0.270 e. The van der Waals surface area contributed by atoms with Gasteiger partial charge in [0.25, 0.3) is 5.92 Å². The molecule has 0 heterocycles. The Morgan fingerprint density at radius 2 is 1.90 bits per heavy atom. The molecule has 0 radical (unpaired) electrons. The molecule has 2 atom stereocenters. The molecule has 1 N–H and O–H groups in total. The van der Waals surface area contributed by atoms with Crippen molar-refractivity contribution in [2.24, 2.45) is 5.92 Å². The third kappa shape index (κ3) is 2.60. The number of hydrogen-bond donors (Lipinski definition) is 1. The number of aliphatic hydroxyl groups excluding tert-OH is 1. The van der Waals surface area contributed by atoms with Crippen molar-refractivity contribution in [3.63, 3.8) is 0 Å². The molecule has 0 aliphatic carbocycles. The molecule has 0 aromatic heterocycles. The summed E-state index contributed by atoms with van der Waals surface area (Å²) in [4.78, 5) is 0. The summed E-state index contributed by atoms with van der Waals surface area (Å²) in [5.41, 5.74) is 0. The molecule has 0 aliphatic rings. The largest absolute Gasteiger partial charge is 0.387 e. The Balaban J connectivity index is 3.94. The summed E-state index contributed by atoms with van der Waals surface area (Å²) < 4.78 is 24.6. The van der Waals surface area contributed by atoms with Gasteiger partial charge in [0, 0.05) is 6.92 Å². The zero-order valence-electron chi connectivity index (χ0n) is 6.56. The van der Waals surface area contributed by atoms with Crippen LogP contribution in [0.2, 0.25) is 0 Å². The lowest BCUT2D eigenvalue weighted by molar-refractivity contribution is -0.115. The van der Waals surface area contributed by atoms with Gasteiger partial charge in [-0.2, -0.15) is 0 Å². The Bertz CT molecular complexity index is 98.3. The van der Waals surface area contributed by atoms with Crippen molar-refractivity contribution >= 4 is 0 Å². The van der Waals surface area contributed by atoms with Crippen LogP contribution in [0.1, 0.15) is 27.2 Å². The molecule has 0 saturated carbocycles. The summed E-state index contributed by atoms with van der Waals surface area (Å²) in [7, 11) is 0. The van der Waals surface area contributed by atoms with Gasteiger partial charge in [-0.3, -0.25) is 0 Å². The molecule has 0 rings (SSSR count). The van der Waals surface area contributed by atoms with Crippen LogP contribution < -0.4 is 0 Å². The Morgan fingerprint density at radius 3 is 2.00 bits per heavy atom. The van der Waals surface area contributed by atoms with Crippen molar-refractivity contribution in [3.05, 3.63) is 0 Å². The van der Waals surface area contributed by atoms with Gasteiger partial charge >= 0.3 is 0 Å². The highest BCUT2D eigenvalue weighted by molar-refractivity contribution is 4.75. The fourth-order valence-corrected chi connectivity index (χ4v) is 0.723. The van der Waals surface area contributed by atoms with Crippen molar-refractivity contribution in [2.75, 3.05) is 0 Å². The van der Waals surface area contributed by atoms with Gasteiger partial charge in [0.15, 0.2) is 0 Å². The zero-order valence-corrected chi connectivity index (χ0v) is 6.56. The van der Waals surface area contributed by atoms with E-state index in [-0.39, 0.29) is 5.92 Å². The fraction of sp³-hybridized carbons (Fsp3) is 1.00. The SMILES string of the molecule is CCC(C)C(O)C(C)(F)F. The third-order valence-corrected chi connectivity index (χ3v) is 1.70. The van der Waals surface area contributed by atoms with Crippen LogP contribution in [0, 0.1) is 5.92 Å². The van der Waals surface area contributed by atoms with Crippen LogP contribution in [0.3, 0.4) is 0 Å². The molecule has 10 heavy (non-hydrogen) atoms. The molecule has 0 bridgehead atoms. The summed E-state index contributed by atoms with van der Waals surface area (Å²) in [6.07, 6.45) is -0.928. The second kappa shape index (κ2) is 3.28. The number of aliphatic hydroxyl groups is 1. The van der Waals surface area contributed by atoms with E-state index >= 15 is 0 Å². The highest BCUT2D eigenvalue weighted by Crippen LogP contribution is 2.24. The summed E-state index contributed by atoms with van der Waals surface area (Å²) in [6.45, 7) is 4.13. The Labute approximate surface area is 60.1 Å². The van der Waals surface area contributed by atoms with E-state index in [2.05, 4.69) is 0 Å². The molecular formula is C7H14F2O. The number of halogens is 2. The van der Waals surface area contributed by atoms with Crippen molar-refractivity contribution in [1.82, 2.24) is 0 Å². The summed E-state index contributed by atoms with van der Waals surface area (Å²) in [6, 6.07) is 0. The number of hydrogen-bond acceptors (Lipinski definition) is 1. The topological polar surface area (TPSA) is 20.2 Å². The second-order valence-electron chi connectivity index (χ2n) is 2.79. The first-order valence-corrected chi connectivity index (χ1v) is 3.45. The molecule has 0 saturated heterocycles. The molecule has 0 aliphatic heterocycles. The normalized spacial score (nSPS) is 18.6. The van der Waals surface area contributed by atoms with Crippen molar-refractivity contribution in [1.29, 1.82) is 0 Å². The van der Waals surface area contributed by atoms with Gasteiger partial charge in [0.1, 0.15) is 6.10 Å². The van der Waals surface area contributed by atoms with Crippen LogP contribution in [0.5, 0.6) is 0 Å². The van der Waals surface area contributed by atoms with Gasteiger partial charge in [-0.05, 0) is 5.92 Å². The average Bonchev–Trinajstić information content (AvgIpc) is 1.83. The second-order valence-corrected chi connectivity index (χ2v) is 2.79. The van der Waals surface area contributed by atoms with Crippen molar-refractivity contribution in [3.8, 4) is 0 Å². The number of rotatable bonds is 3. The quantitative estimate of drug-likeness (QED) is 0.656. The first-order chi connectivity index (χ1) is 4.39. The van der Waals surface area contributed by atoms with Gasteiger partial charge in [0.05, 0.1) is 0 Å². The van der Waals surface area contributed by atoms with E-state index in [1.165, 1.54) is 0 Å². The standard InChI is InChI=1S/C7H14F2O/c1-4-5(2)6(10)7(3,8)9/h5-6,10H,4H2,1-3H3. The molecule has 0 aromatic rings. The summed E-state index contributed by atoms with van der Waals surface area (Å²) in [5, 5.41) is 8.90. The molecular weight excluding hydrogens is 138 g/mol.